The van der Waals surface area contributed by atoms with Crippen molar-refractivity contribution in [3.63, 3.8) is 0 Å². The molecule has 0 unspecified atom stereocenters. The van der Waals surface area contributed by atoms with Crippen LogP contribution in [0.3, 0.4) is 0 Å². The number of carboxylic acids is 1. The predicted molar refractivity (Wildman–Crippen MR) is 97.2 cm³/mol. The van der Waals surface area contributed by atoms with Crippen molar-refractivity contribution < 1.29 is 32.6 Å². The standard InChI is InChI=1S/C18H18N2O7S/c21-16-10-20(28(25,26)19-16)9-12-1-7-15(8-2-12)18(24)27-11-13-3-5-14(6-4-13)17(22)23/h1-3,5,7-8H,4,6,9-11H2,(H,19,21)(H,22,23). The average molecular weight is 406 g/mol. The Kier molecular flexibility index (Phi) is 5.61. The van der Waals surface area contributed by atoms with Crippen molar-refractivity contribution in [2.45, 2.75) is 19.4 Å². The molecule has 1 aromatic rings. The summed E-state index contributed by atoms with van der Waals surface area (Å²) in [5.74, 6) is -2.07. The van der Waals surface area contributed by atoms with E-state index >= 15 is 0 Å². The molecule has 1 aliphatic heterocycles. The van der Waals surface area contributed by atoms with Crippen LogP contribution in [0.2, 0.25) is 0 Å². The smallest absolute Gasteiger partial charge is 0.338 e. The molecule has 9 nitrogen and oxygen atoms in total. The number of amides is 1. The Bertz CT molecular complexity index is 978. The largest absolute Gasteiger partial charge is 0.478 e. The summed E-state index contributed by atoms with van der Waals surface area (Å²) < 4.78 is 31.6. The van der Waals surface area contributed by atoms with Gasteiger partial charge in [0.25, 0.3) is 0 Å². The van der Waals surface area contributed by atoms with Crippen molar-refractivity contribution in [3.05, 3.63) is 58.7 Å². The molecule has 148 valence electrons. The molecule has 10 heteroatoms. The number of carboxylic acid groups (broad SMARTS) is 1. The minimum Gasteiger partial charge on any atom is -0.478 e. The molecule has 2 N–H and O–H groups in total. The van der Waals surface area contributed by atoms with E-state index in [1.807, 2.05) is 4.72 Å². The third kappa shape index (κ3) is 4.65. The lowest BCUT2D eigenvalue weighted by molar-refractivity contribution is -0.132. The molecule has 1 fully saturated rings. The Morgan fingerprint density at radius 1 is 1.14 bits per heavy atom. The molecule has 0 atom stereocenters. The molecule has 28 heavy (non-hydrogen) atoms. The fourth-order valence-electron chi connectivity index (χ4n) is 2.80. The van der Waals surface area contributed by atoms with Crippen molar-refractivity contribution >= 4 is 28.1 Å². The molecule has 3 rings (SSSR count). The molecule has 1 aliphatic carbocycles. The van der Waals surface area contributed by atoms with Gasteiger partial charge in [-0.05, 0) is 36.1 Å². The molecule has 1 heterocycles. The van der Waals surface area contributed by atoms with Crippen LogP contribution in [0.5, 0.6) is 0 Å². The zero-order valence-electron chi connectivity index (χ0n) is 14.8. The van der Waals surface area contributed by atoms with Gasteiger partial charge in [0.1, 0.15) is 6.61 Å². The maximum absolute atomic E-state index is 12.1. The van der Waals surface area contributed by atoms with Gasteiger partial charge < -0.3 is 9.84 Å². The predicted octanol–water partition coefficient (Wildman–Crippen LogP) is 0.751. The Morgan fingerprint density at radius 3 is 2.39 bits per heavy atom. The molecule has 1 amide bonds. The summed E-state index contributed by atoms with van der Waals surface area (Å²) in [6, 6.07) is 6.23. The summed E-state index contributed by atoms with van der Waals surface area (Å²) in [6.45, 7) is -0.148. The highest BCUT2D eigenvalue weighted by molar-refractivity contribution is 7.88. The first-order valence-corrected chi connectivity index (χ1v) is 9.87. The van der Waals surface area contributed by atoms with Crippen LogP contribution in [0.4, 0.5) is 0 Å². The summed E-state index contributed by atoms with van der Waals surface area (Å²) in [7, 11) is -3.80. The number of allylic oxidation sites excluding steroid dienone is 2. The second-order valence-corrected chi connectivity index (χ2v) is 8.06. The first kappa shape index (κ1) is 19.8. The van der Waals surface area contributed by atoms with Crippen molar-refractivity contribution in [1.82, 2.24) is 9.03 Å². The van der Waals surface area contributed by atoms with Crippen LogP contribution in [0.25, 0.3) is 0 Å². The van der Waals surface area contributed by atoms with E-state index in [1.54, 1.807) is 18.2 Å². The van der Waals surface area contributed by atoms with Crippen molar-refractivity contribution in [3.8, 4) is 0 Å². The van der Waals surface area contributed by atoms with Gasteiger partial charge in [0.2, 0.25) is 5.91 Å². The van der Waals surface area contributed by atoms with Crippen LogP contribution in [0.1, 0.15) is 28.8 Å². The number of hydrogen-bond acceptors (Lipinski definition) is 6. The Balaban J connectivity index is 1.56. The van der Waals surface area contributed by atoms with Gasteiger partial charge in [-0.15, -0.1) is 0 Å². The average Bonchev–Trinajstić information content (AvgIpc) is 2.91. The Labute approximate surface area is 161 Å². The van der Waals surface area contributed by atoms with Crippen molar-refractivity contribution in [2.75, 3.05) is 13.2 Å². The van der Waals surface area contributed by atoms with Crippen molar-refractivity contribution in [1.29, 1.82) is 0 Å². The van der Waals surface area contributed by atoms with Crippen LogP contribution in [-0.2, 0) is 31.1 Å². The maximum atomic E-state index is 12.1. The van der Waals surface area contributed by atoms with Gasteiger partial charge in [0.05, 0.1) is 12.1 Å². The SMILES string of the molecule is O=C1CN(Cc2ccc(C(=O)OCC3=CC=C(C(=O)O)CC3)cc2)S(=O)(=O)N1. The number of nitrogens with one attached hydrogen (secondary N) is 1. The summed E-state index contributed by atoms with van der Waals surface area (Å²) in [4.78, 5) is 34.2. The molecular formula is C18H18N2O7S. The first-order valence-electron chi connectivity index (χ1n) is 8.43. The molecule has 1 saturated heterocycles. The Morgan fingerprint density at radius 2 is 1.86 bits per heavy atom. The summed E-state index contributed by atoms with van der Waals surface area (Å²) in [6.07, 6.45) is 4.07. The molecule has 2 aliphatic rings. The summed E-state index contributed by atoms with van der Waals surface area (Å²) in [5.41, 5.74) is 2.08. The van der Waals surface area contributed by atoms with Gasteiger partial charge in [-0.2, -0.15) is 12.7 Å². The van der Waals surface area contributed by atoms with Gasteiger partial charge >= 0.3 is 22.1 Å². The van der Waals surface area contributed by atoms with E-state index in [4.69, 9.17) is 9.84 Å². The maximum Gasteiger partial charge on any atom is 0.338 e. The molecule has 0 radical (unpaired) electrons. The lowest BCUT2D eigenvalue weighted by Crippen LogP contribution is -2.29. The quantitative estimate of drug-likeness (QED) is 0.667. The van der Waals surface area contributed by atoms with E-state index < -0.39 is 28.1 Å². The number of ether oxygens (including phenoxy) is 1. The van der Waals surface area contributed by atoms with E-state index in [0.29, 0.717) is 29.5 Å². The molecule has 0 saturated carbocycles. The van der Waals surface area contributed by atoms with Gasteiger partial charge in [-0.25, -0.2) is 14.3 Å². The number of nitrogens with zero attached hydrogens (tertiary/aromatic N) is 1. The van der Waals surface area contributed by atoms with Gasteiger partial charge in [-0.1, -0.05) is 24.3 Å². The van der Waals surface area contributed by atoms with Crippen molar-refractivity contribution in [2.24, 2.45) is 0 Å². The molecule has 0 aromatic heterocycles. The minimum atomic E-state index is -3.80. The number of hydrogen-bond donors (Lipinski definition) is 2. The number of carbonyl (C=O) groups is 3. The van der Waals surface area contributed by atoms with Gasteiger partial charge in [-0.3, -0.25) is 4.79 Å². The number of aliphatic carboxylic acids is 1. The first-order chi connectivity index (χ1) is 13.2. The van der Waals surface area contributed by atoms with Gasteiger partial charge in [0.15, 0.2) is 0 Å². The summed E-state index contributed by atoms with van der Waals surface area (Å²) >= 11 is 0. The van der Waals surface area contributed by atoms with E-state index in [-0.39, 0.29) is 19.7 Å². The fourth-order valence-corrected chi connectivity index (χ4v) is 3.88. The molecule has 0 spiro atoms. The van der Waals surface area contributed by atoms with Crippen LogP contribution in [-0.4, -0.2) is 48.8 Å². The third-order valence-electron chi connectivity index (χ3n) is 4.35. The second kappa shape index (κ2) is 7.95. The topological polar surface area (TPSA) is 130 Å². The fraction of sp³-hybridized carbons (Fsp3) is 0.278. The highest BCUT2D eigenvalue weighted by Gasteiger charge is 2.33. The molecular weight excluding hydrogens is 388 g/mol. The van der Waals surface area contributed by atoms with Crippen LogP contribution in [0.15, 0.2) is 47.6 Å². The van der Waals surface area contributed by atoms with Gasteiger partial charge in [0, 0.05) is 12.1 Å². The van der Waals surface area contributed by atoms with E-state index in [0.717, 1.165) is 9.88 Å². The zero-order chi connectivity index (χ0) is 20.3. The normalized spacial score (nSPS) is 18.8. The molecule has 1 aromatic carbocycles. The second-order valence-electron chi connectivity index (χ2n) is 6.39. The minimum absolute atomic E-state index is 0.0154. The number of rotatable bonds is 6. The van der Waals surface area contributed by atoms with E-state index in [1.165, 1.54) is 18.2 Å². The Hall–Kier alpha value is -2.98. The highest BCUT2D eigenvalue weighted by atomic mass is 32.2. The van der Waals surface area contributed by atoms with Crippen LogP contribution < -0.4 is 4.72 Å². The zero-order valence-corrected chi connectivity index (χ0v) is 15.6. The van der Waals surface area contributed by atoms with Crippen LogP contribution in [0, 0.1) is 0 Å². The number of benzene rings is 1. The highest BCUT2D eigenvalue weighted by Crippen LogP contribution is 2.19. The number of carbonyl (C=O) groups excluding carboxylic acids is 2. The van der Waals surface area contributed by atoms with E-state index in [2.05, 4.69) is 0 Å². The third-order valence-corrected chi connectivity index (χ3v) is 5.77. The number of esters is 1. The lowest BCUT2D eigenvalue weighted by Gasteiger charge is -2.13. The summed E-state index contributed by atoms with van der Waals surface area (Å²) in [5, 5.41) is 8.91. The lowest BCUT2D eigenvalue weighted by atomic mass is 9.99. The molecule has 0 bridgehead atoms. The van der Waals surface area contributed by atoms with Crippen LogP contribution >= 0.6 is 0 Å². The monoisotopic (exact) mass is 406 g/mol. The van der Waals surface area contributed by atoms with E-state index in [9.17, 15) is 22.8 Å².